The van der Waals surface area contributed by atoms with Crippen molar-refractivity contribution in [3.63, 3.8) is 0 Å². The van der Waals surface area contributed by atoms with Gasteiger partial charge in [-0.15, -0.1) is 11.3 Å². The van der Waals surface area contributed by atoms with E-state index in [1.807, 2.05) is 39.0 Å². The predicted molar refractivity (Wildman–Crippen MR) is 141 cm³/mol. The van der Waals surface area contributed by atoms with Gasteiger partial charge in [0.2, 0.25) is 0 Å². The van der Waals surface area contributed by atoms with Gasteiger partial charge in [0.15, 0.2) is 5.17 Å². The third-order valence-electron chi connectivity index (χ3n) is 6.27. The summed E-state index contributed by atoms with van der Waals surface area (Å²) in [7, 11) is 0. The van der Waals surface area contributed by atoms with E-state index >= 15 is 0 Å². The second-order valence-corrected chi connectivity index (χ2v) is 11.1. The number of thiophene rings is 1. The Kier molecular flexibility index (Phi) is 6.15. The number of fused-ring (bicyclic) bond motifs is 1. The van der Waals surface area contributed by atoms with Gasteiger partial charge in [0.05, 0.1) is 16.2 Å². The molecule has 1 fully saturated rings. The summed E-state index contributed by atoms with van der Waals surface area (Å²) in [6.07, 6.45) is 6.27. The first-order chi connectivity index (χ1) is 16.4. The number of nitrogens with zero attached hydrogens (tertiary/aromatic N) is 3. The van der Waals surface area contributed by atoms with Crippen LogP contribution in [-0.4, -0.2) is 15.6 Å². The quantitative estimate of drug-likeness (QED) is 0.399. The highest BCUT2D eigenvalue weighted by Gasteiger charge is 2.26. The number of benzene rings is 1. The number of hydrogen-bond acceptors (Lipinski definition) is 5. The fourth-order valence-electron chi connectivity index (χ4n) is 4.50. The van der Waals surface area contributed by atoms with Crippen LogP contribution in [0.5, 0.6) is 0 Å². The van der Waals surface area contributed by atoms with E-state index in [1.165, 1.54) is 28.6 Å². The van der Waals surface area contributed by atoms with Crippen molar-refractivity contribution >= 4 is 57.5 Å². The van der Waals surface area contributed by atoms with Crippen LogP contribution in [0.4, 0.5) is 5.69 Å². The van der Waals surface area contributed by atoms with E-state index < -0.39 is 0 Å². The Morgan fingerprint density at radius 1 is 1.21 bits per heavy atom. The van der Waals surface area contributed by atoms with Crippen molar-refractivity contribution in [3.05, 3.63) is 72.7 Å². The second-order valence-electron chi connectivity index (χ2n) is 8.58. The van der Waals surface area contributed by atoms with Gasteiger partial charge in [0, 0.05) is 21.3 Å². The highest BCUT2D eigenvalue weighted by Crippen LogP contribution is 2.39. The van der Waals surface area contributed by atoms with Crippen LogP contribution in [-0.2, 0) is 17.6 Å². The molecule has 0 radical (unpaired) electrons. The number of aryl methyl sites for hydroxylation is 3. The van der Waals surface area contributed by atoms with Crippen LogP contribution in [0.1, 0.15) is 51.4 Å². The Balaban J connectivity index is 1.49. The van der Waals surface area contributed by atoms with Gasteiger partial charge in [-0.25, -0.2) is 4.99 Å². The minimum Gasteiger partial charge on any atom is -0.308 e. The fraction of sp³-hybridized carbons (Fsp3) is 0.269. The number of carbonyl (C=O) groups excluding carboxylic acids is 1. The van der Waals surface area contributed by atoms with Crippen LogP contribution in [0.15, 0.2) is 34.2 Å². The maximum Gasteiger partial charge on any atom is 0.264 e. The Labute approximate surface area is 212 Å². The average molecular weight is 507 g/mol. The molecule has 0 bridgehead atoms. The molecule has 1 N–H and O–H groups in total. The van der Waals surface area contributed by atoms with E-state index in [0.717, 1.165) is 58.0 Å². The first-order valence-corrected chi connectivity index (χ1v) is 13.2. The number of thioether (sulfide) groups is 1. The molecular weight excluding hydrogens is 484 g/mol. The van der Waals surface area contributed by atoms with Crippen molar-refractivity contribution in [2.45, 2.75) is 46.5 Å². The van der Waals surface area contributed by atoms with Gasteiger partial charge in [0.1, 0.15) is 11.1 Å². The topological polar surface area (TPSA) is 70.2 Å². The molecule has 8 heteroatoms. The lowest BCUT2D eigenvalue weighted by Gasteiger charge is -2.10. The third-order valence-corrected chi connectivity index (χ3v) is 8.69. The van der Waals surface area contributed by atoms with Gasteiger partial charge in [-0.1, -0.05) is 17.7 Å². The number of aliphatic imine (C=N–C) groups is 1. The molecule has 34 heavy (non-hydrogen) atoms. The number of amidine groups is 1. The lowest BCUT2D eigenvalue weighted by Crippen LogP contribution is -2.19. The van der Waals surface area contributed by atoms with E-state index in [1.54, 1.807) is 17.4 Å². The highest BCUT2D eigenvalue weighted by atomic mass is 35.5. The molecule has 1 amide bonds. The fourth-order valence-corrected chi connectivity index (χ4v) is 6.95. The number of nitrogens with one attached hydrogen (secondary N) is 1. The normalized spacial score (nSPS) is 17.8. The molecule has 0 atom stereocenters. The maximum absolute atomic E-state index is 12.7. The zero-order valence-electron chi connectivity index (χ0n) is 19.2. The van der Waals surface area contributed by atoms with E-state index in [-0.39, 0.29) is 5.91 Å². The monoisotopic (exact) mass is 506 g/mol. The third kappa shape index (κ3) is 4.11. The summed E-state index contributed by atoms with van der Waals surface area (Å²) in [5.74, 6) is -0.169. The highest BCUT2D eigenvalue weighted by molar-refractivity contribution is 8.18. The molecule has 1 aliphatic carbocycles. The van der Waals surface area contributed by atoms with Crippen LogP contribution >= 0.6 is 34.7 Å². The lowest BCUT2D eigenvalue weighted by molar-refractivity contribution is -0.115. The van der Waals surface area contributed by atoms with E-state index in [0.29, 0.717) is 15.1 Å². The van der Waals surface area contributed by atoms with Crippen LogP contribution in [0.2, 0.25) is 5.02 Å². The number of carbonyl (C=O) groups is 1. The number of rotatable bonds is 3. The van der Waals surface area contributed by atoms with Crippen LogP contribution in [0.3, 0.4) is 0 Å². The number of amides is 1. The SMILES string of the molecule is Cc1ccc(Cl)cc1N=C1NC(=O)/C(=C/c2cc(C)n(-c3sc4c(c3C#N)CCCC4)c2C)S1. The molecule has 2 aliphatic rings. The summed E-state index contributed by atoms with van der Waals surface area (Å²) >= 11 is 9.17. The molecule has 5 nitrogen and oxygen atoms in total. The van der Waals surface area contributed by atoms with Crippen molar-refractivity contribution in [2.24, 2.45) is 4.99 Å². The summed E-state index contributed by atoms with van der Waals surface area (Å²) < 4.78 is 2.16. The first kappa shape index (κ1) is 23.0. The van der Waals surface area contributed by atoms with Crippen molar-refractivity contribution in [3.8, 4) is 11.1 Å². The van der Waals surface area contributed by atoms with Crippen molar-refractivity contribution in [1.29, 1.82) is 5.26 Å². The molecule has 0 spiro atoms. The minimum absolute atomic E-state index is 0.169. The summed E-state index contributed by atoms with van der Waals surface area (Å²) in [5.41, 5.74) is 6.78. The Morgan fingerprint density at radius 2 is 2.00 bits per heavy atom. The summed E-state index contributed by atoms with van der Waals surface area (Å²) in [5, 5.41) is 14.9. The molecule has 1 aromatic carbocycles. The van der Waals surface area contributed by atoms with Gasteiger partial charge in [-0.2, -0.15) is 5.26 Å². The van der Waals surface area contributed by atoms with Crippen LogP contribution in [0.25, 0.3) is 11.1 Å². The smallest absolute Gasteiger partial charge is 0.264 e. The molecule has 1 aliphatic heterocycles. The molecule has 3 aromatic rings. The maximum atomic E-state index is 12.7. The number of nitriles is 1. The average Bonchev–Trinajstić information content (AvgIpc) is 3.43. The van der Waals surface area contributed by atoms with Crippen LogP contribution < -0.4 is 5.32 Å². The Hall–Kier alpha value is -2.79. The molecule has 0 saturated carbocycles. The zero-order chi connectivity index (χ0) is 24.0. The van der Waals surface area contributed by atoms with Crippen molar-refractivity contribution in [2.75, 3.05) is 0 Å². The summed E-state index contributed by atoms with van der Waals surface area (Å²) in [4.78, 5) is 19.2. The minimum atomic E-state index is -0.169. The van der Waals surface area contributed by atoms with Gasteiger partial charge >= 0.3 is 0 Å². The zero-order valence-corrected chi connectivity index (χ0v) is 21.5. The molecule has 2 aromatic heterocycles. The molecule has 5 rings (SSSR count). The van der Waals surface area contributed by atoms with Crippen molar-refractivity contribution < 1.29 is 4.79 Å². The number of halogens is 1. The van der Waals surface area contributed by atoms with E-state index in [9.17, 15) is 10.1 Å². The summed E-state index contributed by atoms with van der Waals surface area (Å²) in [6, 6.07) is 10.1. The standard InChI is InChI=1S/C26H23ClN4OS2/c1-14-8-9-18(27)12-21(14)29-26-30-24(32)23(34-26)11-17-10-15(2)31(16(17)3)25-20(13-28)19-6-4-5-7-22(19)33-25/h8-12H,4-7H2,1-3H3,(H,29,30,32)/b23-11-. The molecule has 0 unspecified atom stereocenters. The van der Waals surface area contributed by atoms with Gasteiger partial charge < -0.3 is 9.88 Å². The van der Waals surface area contributed by atoms with Crippen LogP contribution in [0, 0.1) is 32.1 Å². The van der Waals surface area contributed by atoms with Crippen molar-refractivity contribution in [1.82, 2.24) is 9.88 Å². The van der Waals surface area contributed by atoms with Gasteiger partial charge in [-0.05, 0) is 99.2 Å². The molecule has 3 heterocycles. The Bertz CT molecular complexity index is 1440. The number of hydrogen-bond donors (Lipinski definition) is 1. The second kappa shape index (κ2) is 9.10. The lowest BCUT2D eigenvalue weighted by atomic mass is 9.96. The summed E-state index contributed by atoms with van der Waals surface area (Å²) in [6.45, 7) is 6.05. The first-order valence-electron chi connectivity index (χ1n) is 11.2. The molecule has 1 saturated heterocycles. The predicted octanol–water partition coefficient (Wildman–Crippen LogP) is 6.76. The van der Waals surface area contributed by atoms with Gasteiger partial charge in [0.25, 0.3) is 5.91 Å². The largest absolute Gasteiger partial charge is 0.308 e. The molecule has 172 valence electrons. The molecular formula is C26H23ClN4OS2. The van der Waals surface area contributed by atoms with E-state index in [2.05, 4.69) is 27.0 Å². The van der Waals surface area contributed by atoms with Gasteiger partial charge in [-0.3, -0.25) is 4.79 Å². The van der Waals surface area contributed by atoms with E-state index in [4.69, 9.17) is 11.6 Å². The Morgan fingerprint density at radius 3 is 2.79 bits per heavy atom. The number of aromatic nitrogens is 1.